The molecule has 1 saturated carbocycles. The Bertz CT molecular complexity index is 1750. The molecule has 0 radical (unpaired) electrons. The number of carbonyl (C=O) groups is 1. The van der Waals surface area contributed by atoms with Crippen molar-refractivity contribution in [2.45, 2.75) is 76.4 Å². The molecule has 2 heterocycles. The highest BCUT2D eigenvalue weighted by atomic mass is 19.3. The van der Waals surface area contributed by atoms with E-state index < -0.39 is 34.4 Å². The van der Waals surface area contributed by atoms with Crippen molar-refractivity contribution in [1.29, 1.82) is 0 Å². The molecule has 6 nitrogen and oxygen atoms in total. The number of fused-ring (bicyclic) bond motifs is 2. The smallest absolute Gasteiger partial charge is 0.303 e. The number of likely N-dealkylation sites (N-methyl/N-ethyl adjacent to an activating group) is 1. The fraction of sp³-hybridized carbons (Fsp3) is 0.382. The van der Waals surface area contributed by atoms with Crippen LogP contribution in [0.25, 0.3) is 10.9 Å². The molecule has 0 saturated heterocycles. The highest BCUT2D eigenvalue weighted by molar-refractivity contribution is 6.10. The van der Waals surface area contributed by atoms with E-state index in [0.29, 0.717) is 28.2 Å². The van der Waals surface area contributed by atoms with E-state index in [9.17, 15) is 9.90 Å². The van der Waals surface area contributed by atoms with Crippen molar-refractivity contribution < 1.29 is 23.1 Å². The minimum atomic E-state index is -3.84. The molecule has 3 aromatic carbocycles. The SMILES string of the molecule is CC(c1cccc(C(F)(F)C(C)(C)O)c1F)N(c1ccccc1)c1nc(C2CC2)nc2cc3c(cc12)C(C)(C)C(=O)N3C. The summed E-state index contributed by atoms with van der Waals surface area (Å²) in [6.07, 6.45) is 1.90. The van der Waals surface area contributed by atoms with Crippen molar-refractivity contribution in [3.05, 3.63) is 89.0 Å². The molecule has 2 aliphatic rings. The molecule has 6 rings (SSSR count). The first kappa shape index (κ1) is 29.1. The van der Waals surface area contributed by atoms with Crippen LogP contribution in [0.15, 0.2) is 60.7 Å². The molecule has 43 heavy (non-hydrogen) atoms. The van der Waals surface area contributed by atoms with Crippen molar-refractivity contribution in [3.63, 3.8) is 0 Å². The van der Waals surface area contributed by atoms with E-state index in [4.69, 9.17) is 9.97 Å². The van der Waals surface area contributed by atoms with Crippen LogP contribution in [-0.2, 0) is 16.1 Å². The van der Waals surface area contributed by atoms with Crippen LogP contribution >= 0.6 is 0 Å². The summed E-state index contributed by atoms with van der Waals surface area (Å²) in [6, 6.07) is 16.2. The molecule has 1 N–H and O–H groups in total. The molecule has 1 aromatic heterocycles. The van der Waals surface area contributed by atoms with E-state index >= 15 is 13.2 Å². The maximum Gasteiger partial charge on any atom is 0.303 e. The Morgan fingerprint density at radius 3 is 2.35 bits per heavy atom. The molecule has 4 aromatic rings. The van der Waals surface area contributed by atoms with E-state index in [2.05, 4.69) is 0 Å². The Hall–Kier alpha value is -3.98. The molecule has 1 fully saturated rings. The molecule has 1 atom stereocenters. The summed E-state index contributed by atoms with van der Waals surface area (Å²) in [5.41, 5.74) is -1.16. The molecule has 0 bridgehead atoms. The van der Waals surface area contributed by atoms with Gasteiger partial charge in [0.1, 0.15) is 23.1 Å². The number of hydrogen-bond acceptors (Lipinski definition) is 5. The third kappa shape index (κ3) is 4.56. The largest absolute Gasteiger partial charge is 0.384 e. The van der Waals surface area contributed by atoms with Gasteiger partial charge in [-0.05, 0) is 83.4 Å². The highest BCUT2D eigenvalue weighted by Crippen LogP contribution is 2.48. The lowest BCUT2D eigenvalue weighted by atomic mass is 9.85. The first-order valence-electron chi connectivity index (χ1n) is 14.5. The quantitative estimate of drug-likeness (QED) is 0.240. The number of alkyl halides is 2. The van der Waals surface area contributed by atoms with Crippen LogP contribution in [-0.4, -0.2) is 33.6 Å². The minimum Gasteiger partial charge on any atom is -0.384 e. The second kappa shape index (κ2) is 9.77. The first-order chi connectivity index (χ1) is 20.1. The fourth-order valence-corrected chi connectivity index (χ4v) is 6.00. The van der Waals surface area contributed by atoms with Gasteiger partial charge in [0.25, 0.3) is 0 Å². The van der Waals surface area contributed by atoms with Crippen molar-refractivity contribution in [1.82, 2.24) is 9.97 Å². The standard InChI is InChI=1S/C34H35F3N4O2/c1-19(22-13-10-14-24(28(22)35)34(36,37)33(4,5)43)41(21-11-8-7-9-12-21)30-23-17-25-27(40(6)31(42)32(25,2)3)18-26(23)38-29(39-30)20-15-16-20/h7-14,17-20,43H,15-16H2,1-6H3. The average molecular weight is 589 g/mol. The zero-order chi connectivity index (χ0) is 31.1. The van der Waals surface area contributed by atoms with Gasteiger partial charge in [-0.2, -0.15) is 8.78 Å². The van der Waals surface area contributed by atoms with Crippen LogP contribution in [0.4, 0.5) is 30.4 Å². The topological polar surface area (TPSA) is 69.6 Å². The van der Waals surface area contributed by atoms with Gasteiger partial charge < -0.3 is 14.9 Å². The van der Waals surface area contributed by atoms with Crippen LogP contribution in [0.1, 0.15) is 81.9 Å². The molecule has 224 valence electrons. The first-order valence-corrected chi connectivity index (χ1v) is 14.5. The maximum atomic E-state index is 16.1. The number of nitrogens with zero attached hydrogens (tertiary/aromatic N) is 4. The van der Waals surface area contributed by atoms with E-state index in [1.807, 2.05) is 61.2 Å². The number of hydrogen-bond donors (Lipinski definition) is 1. The van der Waals surface area contributed by atoms with Crippen LogP contribution in [0.2, 0.25) is 0 Å². The molecule has 1 amide bonds. The van der Waals surface area contributed by atoms with Crippen LogP contribution < -0.4 is 9.80 Å². The Morgan fingerprint density at radius 2 is 1.72 bits per heavy atom. The van der Waals surface area contributed by atoms with Gasteiger partial charge in [0.05, 0.1) is 22.5 Å². The lowest BCUT2D eigenvalue weighted by Gasteiger charge is -2.34. The van der Waals surface area contributed by atoms with E-state index in [1.165, 1.54) is 12.1 Å². The molecule has 1 aliphatic carbocycles. The van der Waals surface area contributed by atoms with Gasteiger partial charge in [-0.3, -0.25) is 4.79 Å². The number of para-hydroxylation sites is 1. The Kier molecular flexibility index (Phi) is 6.62. The zero-order valence-electron chi connectivity index (χ0n) is 25.1. The van der Waals surface area contributed by atoms with E-state index in [-0.39, 0.29) is 17.4 Å². The normalized spacial score (nSPS) is 17.3. The molecule has 1 aliphatic heterocycles. The second-order valence-corrected chi connectivity index (χ2v) is 12.8. The van der Waals surface area contributed by atoms with Crippen molar-refractivity contribution >= 4 is 34.0 Å². The van der Waals surface area contributed by atoms with Gasteiger partial charge in [0, 0.05) is 35.3 Å². The van der Waals surface area contributed by atoms with Gasteiger partial charge in [-0.25, -0.2) is 14.4 Å². The summed E-state index contributed by atoms with van der Waals surface area (Å²) < 4.78 is 46.7. The number of anilines is 3. The van der Waals surface area contributed by atoms with E-state index in [0.717, 1.165) is 44.0 Å². The highest BCUT2D eigenvalue weighted by Gasteiger charge is 2.49. The monoisotopic (exact) mass is 588 g/mol. The van der Waals surface area contributed by atoms with Gasteiger partial charge in [0.2, 0.25) is 5.91 Å². The summed E-state index contributed by atoms with van der Waals surface area (Å²) in [4.78, 5) is 26.6. The third-order valence-corrected chi connectivity index (χ3v) is 8.86. The van der Waals surface area contributed by atoms with E-state index in [1.54, 1.807) is 18.9 Å². The predicted octanol–water partition coefficient (Wildman–Crippen LogP) is 7.66. The van der Waals surface area contributed by atoms with Crippen LogP contribution in [0.5, 0.6) is 0 Å². The number of amides is 1. The zero-order valence-corrected chi connectivity index (χ0v) is 25.1. The summed E-state index contributed by atoms with van der Waals surface area (Å²) in [7, 11) is 1.75. The van der Waals surface area contributed by atoms with Crippen molar-refractivity contribution in [3.8, 4) is 0 Å². The number of halogens is 3. The molecule has 1 unspecified atom stereocenters. The van der Waals surface area contributed by atoms with Crippen LogP contribution in [0.3, 0.4) is 0 Å². The second-order valence-electron chi connectivity index (χ2n) is 12.8. The minimum absolute atomic E-state index is 0.0291. The summed E-state index contributed by atoms with van der Waals surface area (Å²) >= 11 is 0. The molecular formula is C34H35F3N4O2. The van der Waals surface area contributed by atoms with Crippen molar-refractivity contribution in [2.24, 2.45) is 0 Å². The number of aliphatic hydroxyl groups is 1. The van der Waals surface area contributed by atoms with Crippen molar-refractivity contribution in [2.75, 3.05) is 16.8 Å². The van der Waals surface area contributed by atoms with Gasteiger partial charge in [0.15, 0.2) is 0 Å². The number of carbonyl (C=O) groups excluding carboxylic acids is 1. The predicted molar refractivity (Wildman–Crippen MR) is 162 cm³/mol. The third-order valence-electron chi connectivity index (χ3n) is 8.86. The summed E-state index contributed by atoms with van der Waals surface area (Å²) in [5, 5.41) is 10.9. The molecular weight excluding hydrogens is 553 g/mol. The van der Waals surface area contributed by atoms with Gasteiger partial charge in [-0.1, -0.05) is 30.3 Å². The summed E-state index contributed by atoms with van der Waals surface area (Å²) in [5.74, 6) is -3.61. The van der Waals surface area contributed by atoms with Gasteiger partial charge >= 0.3 is 5.92 Å². The molecule has 0 spiro atoms. The van der Waals surface area contributed by atoms with Crippen LogP contribution in [0, 0.1) is 5.82 Å². The number of aromatic nitrogens is 2. The fourth-order valence-electron chi connectivity index (χ4n) is 6.00. The lowest BCUT2D eigenvalue weighted by molar-refractivity contribution is -0.170. The number of rotatable bonds is 7. The Morgan fingerprint density at radius 1 is 1.05 bits per heavy atom. The molecule has 9 heteroatoms. The maximum absolute atomic E-state index is 16.1. The number of benzene rings is 3. The lowest BCUT2D eigenvalue weighted by Crippen LogP contribution is -2.41. The average Bonchev–Trinajstić information content (AvgIpc) is 3.79. The summed E-state index contributed by atoms with van der Waals surface area (Å²) in [6.45, 7) is 7.44. The Balaban J connectivity index is 1.61. The Labute approximate surface area is 249 Å². The van der Waals surface area contributed by atoms with Gasteiger partial charge in [-0.15, -0.1) is 0 Å².